The number of piperazine rings is 1. The average Bonchev–Trinajstić information content (AvgIpc) is 3.14. The number of rotatable bonds is 14. The molecule has 0 unspecified atom stereocenters. The third-order valence-electron chi connectivity index (χ3n) is 9.39. The van der Waals surface area contributed by atoms with Crippen LogP contribution in [0.1, 0.15) is 59.6 Å². The van der Waals surface area contributed by atoms with Crippen LogP contribution in [0.2, 0.25) is 0 Å². The fourth-order valence-electron chi connectivity index (χ4n) is 6.37. The van der Waals surface area contributed by atoms with Gasteiger partial charge in [0.25, 0.3) is 0 Å². The minimum Gasteiger partial charge on any atom is -0.338 e. The Morgan fingerprint density at radius 2 is 1.42 bits per heavy atom. The van der Waals surface area contributed by atoms with Gasteiger partial charge in [0.2, 0.25) is 11.8 Å². The Labute approximate surface area is 302 Å². The van der Waals surface area contributed by atoms with E-state index in [1.807, 2.05) is 42.5 Å². The molecule has 52 heavy (non-hydrogen) atoms. The second-order valence-corrected chi connectivity index (χ2v) is 13.2. The molecule has 274 valence electrons. The molecule has 1 aliphatic rings. The quantitative estimate of drug-likeness (QED) is 0.0745. The first-order valence-corrected chi connectivity index (χ1v) is 17.7. The van der Waals surface area contributed by atoms with Crippen molar-refractivity contribution in [3.8, 4) is 0 Å². The second kappa shape index (κ2) is 18.1. The van der Waals surface area contributed by atoms with E-state index in [1.165, 1.54) is 35.3 Å². The molecule has 0 saturated carbocycles. The summed E-state index contributed by atoms with van der Waals surface area (Å²) in [7, 11) is 0. The van der Waals surface area contributed by atoms with Crippen molar-refractivity contribution in [1.82, 2.24) is 14.7 Å². The molecule has 4 aromatic carbocycles. The van der Waals surface area contributed by atoms with Crippen molar-refractivity contribution in [2.75, 3.05) is 26.2 Å². The van der Waals surface area contributed by atoms with Crippen LogP contribution in [0.3, 0.4) is 0 Å². The standard InChI is InChI=1S/C42H44F5N3O2/c1-2-3-5-8-31-11-13-34(14-12-31)30-50(40(51)22-18-32-15-19-36(20-16-32)42(45,46)47)39(28-35-17-21-37(43)38(44)27-35)41(52)49-25-23-48(24-26-49)29-33-9-6-4-7-10-33/h4,6-7,9-22,27,39H,2-3,5,8,23-26,28-30H2,1H3/b22-18+/t39-/m0/s1. The molecular weight excluding hydrogens is 673 g/mol. The topological polar surface area (TPSA) is 43.9 Å². The van der Waals surface area contributed by atoms with Crippen LogP contribution in [-0.2, 0) is 41.7 Å². The zero-order chi connectivity index (χ0) is 37.1. The van der Waals surface area contributed by atoms with Gasteiger partial charge in [0.1, 0.15) is 6.04 Å². The summed E-state index contributed by atoms with van der Waals surface area (Å²) in [5.41, 5.74) is 2.99. The molecule has 0 aromatic heterocycles. The van der Waals surface area contributed by atoms with E-state index in [1.54, 1.807) is 4.90 Å². The molecule has 0 bridgehead atoms. The number of carbonyl (C=O) groups excluding carboxylic acids is 2. The van der Waals surface area contributed by atoms with Crippen molar-refractivity contribution in [3.63, 3.8) is 0 Å². The van der Waals surface area contributed by atoms with Crippen LogP contribution in [0.15, 0.2) is 103 Å². The van der Waals surface area contributed by atoms with E-state index in [0.29, 0.717) is 37.3 Å². The maximum absolute atomic E-state index is 14.5. The van der Waals surface area contributed by atoms with Crippen molar-refractivity contribution in [1.29, 1.82) is 0 Å². The molecule has 1 fully saturated rings. The molecule has 10 heteroatoms. The Hall–Kier alpha value is -4.83. The molecule has 2 amide bonds. The highest BCUT2D eigenvalue weighted by molar-refractivity contribution is 5.95. The molecule has 5 nitrogen and oxygen atoms in total. The van der Waals surface area contributed by atoms with E-state index >= 15 is 0 Å². The summed E-state index contributed by atoms with van der Waals surface area (Å²) in [4.78, 5) is 34.0. The van der Waals surface area contributed by atoms with E-state index < -0.39 is 35.3 Å². The van der Waals surface area contributed by atoms with Crippen LogP contribution in [0.25, 0.3) is 6.08 Å². The number of aryl methyl sites for hydroxylation is 1. The lowest BCUT2D eigenvalue weighted by Crippen LogP contribution is -2.56. The van der Waals surface area contributed by atoms with Gasteiger partial charge in [0, 0.05) is 51.8 Å². The molecular formula is C42H44F5N3O2. The number of benzene rings is 4. The van der Waals surface area contributed by atoms with Gasteiger partial charge in [0.15, 0.2) is 11.6 Å². The molecule has 5 rings (SSSR count). The highest BCUT2D eigenvalue weighted by atomic mass is 19.4. The minimum atomic E-state index is -4.50. The van der Waals surface area contributed by atoms with E-state index in [4.69, 9.17) is 0 Å². The molecule has 1 heterocycles. The number of hydrogen-bond donors (Lipinski definition) is 0. The first kappa shape index (κ1) is 38.4. The summed E-state index contributed by atoms with van der Waals surface area (Å²) >= 11 is 0. The van der Waals surface area contributed by atoms with E-state index in [2.05, 4.69) is 24.0 Å². The van der Waals surface area contributed by atoms with Crippen LogP contribution in [0.5, 0.6) is 0 Å². The SMILES string of the molecule is CCCCCc1ccc(CN(C(=O)/C=C/c2ccc(C(F)(F)F)cc2)[C@@H](Cc2ccc(F)c(F)c2)C(=O)N2CCN(Cc3ccccc3)CC2)cc1. The second-order valence-electron chi connectivity index (χ2n) is 13.2. The van der Waals surface area contributed by atoms with Crippen molar-refractivity contribution < 1.29 is 31.5 Å². The number of hydrogen-bond acceptors (Lipinski definition) is 3. The summed E-state index contributed by atoms with van der Waals surface area (Å²) in [6, 6.07) is 24.7. The minimum absolute atomic E-state index is 0.0412. The molecule has 4 aromatic rings. The third kappa shape index (κ3) is 10.8. The van der Waals surface area contributed by atoms with Gasteiger partial charge in [0.05, 0.1) is 5.56 Å². The molecule has 0 spiro atoms. The van der Waals surface area contributed by atoms with Gasteiger partial charge in [-0.15, -0.1) is 0 Å². The van der Waals surface area contributed by atoms with E-state index in [9.17, 15) is 31.5 Å². The zero-order valence-electron chi connectivity index (χ0n) is 29.3. The van der Waals surface area contributed by atoms with E-state index in [0.717, 1.165) is 73.2 Å². The lowest BCUT2D eigenvalue weighted by molar-refractivity contribution is -0.145. The predicted molar refractivity (Wildman–Crippen MR) is 193 cm³/mol. The molecule has 1 saturated heterocycles. The van der Waals surface area contributed by atoms with Crippen molar-refractivity contribution in [2.45, 2.75) is 64.3 Å². The molecule has 0 radical (unpaired) electrons. The van der Waals surface area contributed by atoms with Crippen LogP contribution in [0.4, 0.5) is 22.0 Å². The van der Waals surface area contributed by atoms with Crippen molar-refractivity contribution in [3.05, 3.63) is 148 Å². The lowest BCUT2D eigenvalue weighted by atomic mass is 10.0. The third-order valence-corrected chi connectivity index (χ3v) is 9.39. The highest BCUT2D eigenvalue weighted by Crippen LogP contribution is 2.29. The Bertz CT molecular complexity index is 1790. The fraction of sp³-hybridized carbons (Fsp3) is 0.333. The normalized spacial score (nSPS) is 14.5. The summed E-state index contributed by atoms with van der Waals surface area (Å²) in [5, 5.41) is 0. The number of nitrogens with zero attached hydrogens (tertiary/aromatic N) is 3. The van der Waals surface area contributed by atoms with Crippen LogP contribution in [-0.4, -0.2) is 58.7 Å². The predicted octanol–water partition coefficient (Wildman–Crippen LogP) is 8.71. The molecule has 1 aliphatic heterocycles. The Balaban J connectivity index is 1.43. The summed E-state index contributed by atoms with van der Waals surface area (Å²) in [5.74, 6) is -2.95. The highest BCUT2D eigenvalue weighted by Gasteiger charge is 2.34. The van der Waals surface area contributed by atoms with Gasteiger partial charge in [-0.3, -0.25) is 14.5 Å². The Morgan fingerprint density at radius 1 is 0.769 bits per heavy atom. The number of halogens is 5. The largest absolute Gasteiger partial charge is 0.416 e. The van der Waals surface area contributed by atoms with Crippen LogP contribution < -0.4 is 0 Å². The first-order chi connectivity index (χ1) is 25.0. The summed E-state index contributed by atoms with van der Waals surface area (Å²) < 4.78 is 67.8. The fourth-order valence-corrected chi connectivity index (χ4v) is 6.37. The Morgan fingerprint density at radius 3 is 2.06 bits per heavy atom. The number of carbonyl (C=O) groups is 2. The van der Waals surface area contributed by atoms with Gasteiger partial charge < -0.3 is 9.80 Å². The number of unbranched alkanes of at least 4 members (excludes halogenated alkanes) is 2. The maximum atomic E-state index is 14.5. The average molecular weight is 718 g/mol. The van der Waals surface area contributed by atoms with Crippen LogP contribution >= 0.6 is 0 Å². The van der Waals surface area contributed by atoms with E-state index in [-0.39, 0.29) is 18.9 Å². The van der Waals surface area contributed by atoms with Gasteiger partial charge in [-0.2, -0.15) is 13.2 Å². The smallest absolute Gasteiger partial charge is 0.338 e. The van der Waals surface area contributed by atoms with Gasteiger partial charge >= 0.3 is 6.18 Å². The summed E-state index contributed by atoms with van der Waals surface area (Å²) in [6.45, 7) is 4.96. The monoisotopic (exact) mass is 717 g/mol. The molecule has 0 N–H and O–H groups in total. The Kier molecular flexibility index (Phi) is 13.4. The zero-order valence-corrected chi connectivity index (χ0v) is 29.3. The maximum Gasteiger partial charge on any atom is 0.416 e. The van der Waals surface area contributed by atoms with Gasteiger partial charge in [-0.1, -0.05) is 92.6 Å². The van der Waals surface area contributed by atoms with Gasteiger partial charge in [-0.25, -0.2) is 8.78 Å². The van der Waals surface area contributed by atoms with Crippen LogP contribution in [0, 0.1) is 11.6 Å². The van der Waals surface area contributed by atoms with Crippen molar-refractivity contribution in [2.24, 2.45) is 0 Å². The number of alkyl halides is 3. The molecule has 1 atom stereocenters. The summed E-state index contributed by atoms with van der Waals surface area (Å²) in [6.07, 6.45) is 2.27. The first-order valence-electron chi connectivity index (χ1n) is 17.7. The number of amides is 2. The van der Waals surface area contributed by atoms with Crippen molar-refractivity contribution >= 4 is 17.9 Å². The van der Waals surface area contributed by atoms with Gasteiger partial charge in [-0.05, 0) is 71.0 Å². The lowest BCUT2D eigenvalue weighted by Gasteiger charge is -2.39. The molecule has 0 aliphatic carbocycles.